The van der Waals surface area contributed by atoms with Crippen LogP contribution >= 0.6 is 11.3 Å². The van der Waals surface area contributed by atoms with Crippen LogP contribution in [0.5, 0.6) is 0 Å². The third kappa shape index (κ3) is 2.06. The molecular formula is C8H10O3S. The normalized spacial score (nSPS) is 12.8. The van der Waals surface area contributed by atoms with Crippen molar-refractivity contribution in [2.75, 3.05) is 0 Å². The lowest BCUT2D eigenvalue weighted by Gasteiger charge is -2.06. The maximum absolute atomic E-state index is 10.3. The van der Waals surface area contributed by atoms with Crippen LogP contribution in [0, 0.1) is 6.92 Å². The molecule has 1 heterocycles. The highest BCUT2D eigenvalue weighted by molar-refractivity contribution is 7.08. The minimum Gasteiger partial charge on any atom is -0.481 e. The van der Waals surface area contributed by atoms with Crippen LogP contribution in [0.2, 0.25) is 0 Å². The van der Waals surface area contributed by atoms with Crippen molar-refractivity contribution < 1.29 is 15.0 Å². The lowest BCUT2D eigenvalue weighted by atomic mass is 10.1. The number of carboxylic acid groups (broad SMARTS) is 1. The zero-order valence-electron chi connectivity index (χ0n) is 6.65. The van der Waals surface area contributed by atoms with E-state index in [9.17, 15) is 9.90 Å². The van der Waals surface area contributed by atoms with Gasteiger partial charge in [0, 0.05) is 0 Å². The molecule has 0 bridgehead atoms. The number of aliphatic carboxylic acids is 1. The molecule has 1 aromatic heterocycles. The lowest BCUT2D eigenvalue weighted by molar-refractivity contribution is -0.139. The first kappa shape index (κ1) is 9.22. The molecule has 3 nitrogen and oxygen atoms in total. The Labute approximate surface area is 74.3 Å². The first-order valence-corrected chi connectivity index (χ1v) is 4.48. The molecule has 0 aliphatic carbocycles. The molecule has 0 saturated heterocycles. The molecule has 2 N–H and O–H groups in total. The number of thiophene rings is 1. The number of rotatable bonds is 3. The van der Waals surface area contributed by atoms with Crippen molar-refractivity contribution in [3.05, 3.63) is 21.9 Å². The summed E-state index contributed by atoms with van der Waals surface area (Å²) in [6.07, 6.45) is -1.09. The first-order chi connectivity index (χ1) is 5.61. The number of aliphatic hydroxyl groups is 1. The molecule has 0 aliphatic heterocycles. The van der Waals surface area contributed by atoms with Gasteiger partial charge < -0.3 is 10.2 Å². The Morgan fingerprint density at radius 1 is 1.67 bits per heavy atom. The highest BCUT2D eigenvalue weighted by Crippen LogP contribution is 2.23. The van der Waals surface area contributed by atoms with E-state index in [1.165, 1.54) is 11.3 Å². The molecule has 0 saturated carbocycles. The van der Waals surface area contributed by atoms with E-state index in [0.29, 0.717) is 0 Å². The summed E-state index contributed by atoms with van der Waals surface area (Å²) in [4.78, 5) is 10.3. The van der Waals surface area contributed by atoms with Crippen molar-refractivity contribution in [3.63, 3.8) is 0 Å². The van der Waals surface area contributed by atoms with Crippen LogP contribution in [-0.2, 0) is 4.79 Å². The average molecular weight is 186 g/mol. The standard InChI is InChI=1S/C8H10O3S/c1-5-3-12-4-6(5)7(9)2-8(10)11/h3-4,7,9H,2H2,1H3,(H,10,11)/t7-/m1/s1. The average Bonchev–Trinajstić information content (AvgIpc) is 2.33. The maximum Gasteiger partial charge on any atom is 0.306 e. The highest BCUT2D eigenvalue weighted by Gasteiger charge is 2.14. The van der Waals surface area contributed by atoms with Crippen molar-refractivity contribution in [3.8, 4) is 0 Å². The third-order valence-electron chi connectivity index (χ3n) is 1.62. The zero-order valence-corrected chi connectivity index (χ0v) is 7.47. The van der Waals surface area contributed by atoms with Gasteiger partial charge in [0.2, 0.25) is 0 Å². The van der Waals surface area contributed by atoms with Gasteiger partial charge >= 0.3 is 5.97 Å². The van der Waals surface area contributed by atoms with E-state index in [2.05, 4.69) is 0 Å². The van der Waals surface area contributed by atoms with Gasteiger partial charge in [-0.2, -0.15) is 11.3 Å². The van der Waals surface area contributed by atoms with E-state index in [0.717, 1.165) is 11.1 Å². The number of carboxylic acids is 1. The molecule has 0 fully saturated rings. The van der Waals surface area contributed by atoms with Gasteiger partial charge in [0.15, 0.2) is 0 Å². The Morgan fingerprint density at radius 3 is 2.75 bits per heavy atom. The molecule has 0 aromatic carbocycles. The largest absolute Gasteiger partial charge is 0.481 e. The molecule has 66 valence electrons. The van der Waals surface area contributed by atoms with Crippen molar-refractivity contribution in [2.45, 2.75) is 19.4 Å². The highest BCUT2D eigenvalue weighted by atomic mass is 32.1. The van der Waals surface area contributed by atoms with Gasteiger partial charge in [-0.25, -0.2) is 0 Å². The second-order valence-electron chi connectivity index (χ2n) is 2.62. The number of aryl methyl sites for hydroxylation is 1. The fraction of sp³-hybridized carbons (Fsp3) is 0.375. The van der Waals surface area contributed by atoms with Crippen molar-refractivity contribution >= 4 is 17.3 Å². The molecule has 0 unspecified atom stereocenters. The molecule has 1 atom stereocenters. The van der Waals surface area contributed by atoms with Crippen LogP contribution in [-0.4, -0.2) is 16.2 Å². The second-order valence-corrected chi connectivity index (χ2v) is 3.37. The lowest BCUT2D eigenvalue weighted by Crippen LogP contribution is -2.05. The Bertz CT molecular complexity index is 280. The smallest absolute Gasteiger partial charge is 0.306 e. The summed E-state index contributed by atoms with van der Waals surface area (Å²) in [6.45, 7) is 1.86. The minimum absolute atomic E-state index is 0.225. The quantitative estimate of drug-likeness (QED) is 0.753. The van der Waals surface area contributed by atoms with Gasteiger partial charge in [0.05, 0.1) is 12.5 Å². The molecule has 1 aromatic rings. The molecule has 1 rings (SSSR count). The van der Waals surface area contributed by atoms with E-state index < -0.39 is 12.1 Å². The summed E-state index contributed by atoms with van der Waals surface area (Å²) in [6, 6.07) is 0. The minimum atomic E-state index is -0.979. The van der Waals surface area contributed by atoms with Gasteiger partial charge in [-0.15, -0.1) is 0 Å². The molecule has 0 spiro atoms. The summed E-state index contributed by atoms with van der Waals surface area (Å²) >= 11 is 1.47. The van der Waals surface area contributed by atoms with Crippen molar-refractivity contribution in [2.24, 2.45) is 0 Å². The van der Waals surface area contributed by atoms with Crippen LogP contribution in [0.1, 0.15) is 23.7 Å². The SMILES string of the molecule is Cc1cscc1[C@H](O)CC(=O)O. The van der Waals surface area contributed by atoms with Crippen molar-refractivity contribution in [1.29, 1.82) is 0 Å². The molecule has 0 radical (unpaired) electrons. The summed E-state index contributed by atoms with van der Waals surface area (Å²) in [7, 11) is 0. The van der Waals surface area contributed by atoms with E-state index in [1.54, 1.807) is 5.38 Å². The Morgan fingerprint density at radius 2 is 2.33 bits per heavy atom. The van der Waals surface area contributed by atoms with E-state index >= 15 is 0 Å². The second kappa shape index (κ2) is 3.69. The van der Waals surface area contributed by atoms with Crippen molar-refractivity contribution in [1.82, 2.24) is 0 Å². The van der Waals surface area contributed by atoms with Crippen LogP contribution in [0.15, 0.2) is 10.8 Å². The molecule has 0 aliphatic rings. The van der Waals surface area contributed by atoms with Crippen LogP contribution in [0.4, 0.5) is 0 Å². The molecule has 0 amide bonds. The first-order valence-electron chi connectivity index (χ1n) is 3.54. The summed E-state index contributed by atoms with van der Waals surface area (Å²) in [5.74, 6) is -0.979. The molecular weight excluding hydrogens is 176 g/mol. The maximum atomic E-state index is 10.3. The summed E-state index contributed by atoms with van der Waals surface area (Å²) < 4.78 is 0. The zero-order chi connectivity index (χ0) is 9.14. The number of hydrogen-bond acceptors (Lipinski definition) is 3. The fourth-order valence-corrected chi connectivity index (χ4v) is 1.88. The fourth-order valence-electron chi connectivity index (χ4n) is 0.987. The third-order valence-corrected chi connectivity index (χ3v) is 2.50. The predicted octanol–water partition coefficient (Wildman–Crippen LogP) is 1.56. The number of hydrogen-bond donors (Lipinski definition) is 2. The van der Waals surface area contributed by atoms with Gasteiger partial charge in [0.1, 0.15) is 0 Å². The van der Waals surface area contributed by atoms with E-state index in [4.69, 9.17) is 5.11 Å². The van der Waals surface area contributed by atoms with Crippen LogP contribution in [0.3, 0.4) is 0 Å². The molecule has 12 heavy (non-hydrogen) atoms. The Kier molecular flexibility index (Phi) is 2.83. The van der Waals surface area contributed by atoms with Gasteiger partial charge in [-0.3, -0.25) is 4.79 Å². The Balaban J connectivity index is 2.71. The van der Waals surface area contributed by atoms with Gasteiger partial charge in [-0.1, -0.05) is 0 Å². The van der Waals surface area contributed by atoms with Crippen LogP contribution in [0.25, 0.3) is 0 Å². The van der Waals surface area contributed by atoms with Crippen LogP contribution < -0.4 is 0 Å². The van der Waals surface area contributed by atoms with Gasteiger partial charge in [-0.05, 0) is 28.8 Å². The van der Waals surface area contributed by atoms with E-state index in [-0.39, 0.29) is 6.42 Å². The topological polar surface area (TPSA) is 57.5 Å². The van der Waals surface area contributed by atoms with Gasteiger partial charge in [0.25, 0.3) is 0 Å². The predicted molar refractivity (Wildman–Crippen MR) is 46.3 cm³/mol. The Hall–Kier alpha value is -0.870. The number of carbonyl (C=O) groups is 1. The summed E-state index contributed by atoms with van der Waals surface area (Å²) in [5.41, 5.74) is 1.68. The summed E-state index contributed by atoms with van der Waals surface area (Å²) in [5, 5.41) is 21.5. The monoisotopic (exact) mass is 186 g/mol. The molecule has 4 heteroatoms. The number of aliphatic hydroxyl groups excluding tert-OH is 1. The van der Waals surface area contributed by atoms with E-state index in [1.807, 2.05) is 12.3 Å².